The Morgan fingerprint density at radius 3 is 2.57 bits per heavy atom. The molecule has 4 nitrogen and oxygen atoms in total. The highest BCUT2D eigenvalue weighted by Gasteiger charge is 2.10. The zero-order valence-electron chi connectivity index (χ0n) is 15.8. The number of nitrogens with two attached hydrogens (primary N) is 1. The molecule has 0 amide bonds. The van der Waals surface area contributed by atoms with E-state index in [0.29, 0.717) is 23.4 Å². The Bertz CT molecular complexity index is 947. The number of anilines is 2. The van der Waals surface area contributed by atoms with Crippen molar-refractivity contribution in [2.24, 2.45) is 0 Å². The lowest BCUT2D eigenvalue weighted by atomic mass is 10.0. The summed E-state index contributed by atoms with van der Waals surface area (Å²) in [5.41, 5.74) is 10.1. The third-order valence-electron chi connectivity index (χ3n) is 4.03. The summed E-state index contributed by atoms with van der Waals surface area (Å²) in [4.78, 5) is 0. The van der Waals surface area contributed by atoms with E-state index < -0.39 is 12.0 Å². The highest BCUT2D eigenvalue weighted by molar-refractivity contribution is 5.66. The standard InChI is InChI=1S/C20H20F2N4.C2H4/c1-13(9-15-5-3-4-6-18(15)14(2)21)25-17-7-8-20(19(23)10-17)26-12-16(22)11-24-26;1-2/h3-8,10-12,14,25H,1,9,23H2,2H3;1-2H2. The Morgan fingerprint density at radius 1 is 1.25 bits per heavy atom. The van der Waals surface area contributed by atoms with Gasteiger partial charge in [0.15, 0.2) is 5.82 Å². The first-order chi connectivity index (χ1) is 13.4. The number of aromatic nitrogens is 2. The van der Waals surface area contributed by atoms with Gasteiger partial charge in [0.2, 0.25) is 0 Å². The fourth-order valence-electron chi connectivity index (χ4n) is 2.83. The van der Waals surface area contributed by atoms with Gasteiger partial charge in [0.05, 0.1) is 23.8 Å². The second-order valence-corrected chi connectivity index (χ2v) is 6.10. The summed E-state index contributed by atoms with van der Waals surface area (Å²) in [5, 5.41) is 7.09. The normalized spacial score (nSPS) is 11.2. The molecule has 1 heterocycles. The van der Waals surface area contributed by atoms with Crippen molar-refractivity contribution in [2.75, 3.05) is 11.1 Å². The maximum Gasteiger partial charge on any atom is 0.161 e. The van der Waals surface area contributed by atoms with Crippen molar-refractivity contribution in [3.63, 3.8) is 0 Å². The Morgan fingerprint density at radius 2 is 1.96 bits per heavy atom. The summed E-state index contributed by atoms with van der Waals surface area (Å²) < 4.78 is 28.2. The van der Waals surface area contributed by atoms with Gasteiger partial charge in [-0.05, 0) is 36.2 Å². The molecule has 0 fully saturated rings. The van der Waals surface area contributed by atoms with Crippen LogP contribution in [-0.4, -0.2) is 9.78 Å². The SMILES string of the molecule is C=C.C=C(Cc1ccccc1C(C)F)Nc1ccc(-n2cc(F)cn2)c(N)c1. The minimum absolute atomic E-state index is 0.430. The van der Waals surface area contributed by atoms with Crippen LogP contribution in [0.3, 0.4) is 0 Å². The third-order valence-corrected chi connectivity index (χ3v) is 4.03. The van der Waals surface area contributed by atoms with Crippen molar-refractivity contribution in [3.8, 4) is 5.69 Å². The van der Waals surface area contributed by atoms with Crippen LogP contribution < -0.4 is 11.1 Å². The van der Waals surface area contributed by atoms with Gasteiger partial charge in [0.25, 0.3) is 0 Å². The van der Waals surface area contributed by atoms with Crippen LogP contribution >= 0.6 is 0 Å². The number of hydrogen-bond acceptors (Lipinski definition) is 3. The molecule has 0 saturated heterocycles. The molecule has 0 radical (unpaired) electrons. The highest BCUT2D eigenvalue weighted by atomic mass is 19.1. The van der Waals surface area contributed by atoms with Gasteiger partial charge < -0.3 is 11.1 Å². The first kappa shape index (κ1) is 20.9. The van der Waals surface area contributed by atoms with E-state index in [1.54, 1.807) is 24.3 Å². The van der Waals surface area contributed by atoms with Gasteiger partial charge in [-0.15, -0.1) is 13.2 Å². The molecule has 1 aromatic heterocycles. The fourth-order valence-corrected chi connectivity index (χ4v) is 2.83. The lowest BCUT2D eigenvalue weighted by molar-refractivity contribution is 0.372. The largest absolute Gasteiger partial charge is 0.397 e. The van der Waals surface area contributed by atoms with E-state index in [1.165, 1.54) is 17.8 Å². The molecule has 1 atom stereocenters. The molecule has 0 spiro atoms. The molecule has 0 aliphatic carbocycles. The van der Waals surface area contributed by atoms with Gasteiger partial charge in [-0.25, -0.2) is 13.5 Å². The van der Waals surface area contributed by atoms with Crippen LogP contribution in [0.15, 0.2) is 80.3 Å². The molecule has 6 heteroatoms. The molecule has 28 heavy (non-hydrogen) atoms. The number of nitrogen functional groups attached to an aromatic ring is 1. The number of halogens is 2. The molecule has 0 saturated carbocycles. The summed E-state index contributed by atoms with van der Waals surface area (Å²) in [6, 6.07) is 12.7. The number of nitrogens with one attached hydrogen (secondary N) is 1. The molecule has 0 aliphatic rings. The van der Waals surface area contributed by atoms with E-state index in [-0.39, 0.29) is 0 Å². The van der Waals surface area contributed by atoms with Crippen molar-refractivity contribution in [3.05, 3.63) is 97.2 Å². The predicted molar refractivity (Wildman–Crippen MR) is 112 cm³/mol. The summed E-state index contributed by atoms with van der Waals surface area (Å²) in [7, 11) is 0. The van der Waals surface area contributed by atoms with Gasteiger partial charge >= 0.3 is 0 Å². The van der Waals surface area contributed by atoms with Crippen LogP contribution in [-0.2, 0) is 6.42 Å². The topological polar surface area (TPSA) is 55.9 Å². The number of allylic oxidation sites excluding steroid dienone is 1. The molecule has 3 rings (SSSR count). The molecule has 2 aromatic carbocycles. The number of nitrogens with zero attached hydrogens (tertiary/aromatic N) is 2. The Balaban J connectivity index is 0.00000136. The third kappa shape index (κ3) is 5.07. The minimum Gasteiger partial charge on any atom is -0.397 e. The molecular formula is C22H24F2N4. The average molecular weight is 382 g/mol. The Hall–Kier alpha value is -3.41. The molecular weight excluding hydrogens is 358 g/mol. The monoisotopic (exact) mass is 382 g/mol. The van der Waals surface area contributed by atoms with Gasteiger partial charge in [-0.1, -0.05) is 30.8 Å². The van der Waals surface area contributed by atoms with Crippen molar-refractivity contribution in [1.29, 1.82) is 0 Å². The maximum atomic E-state index is 13.7. The highest BCUT2D eigenvalue weighted by Crippen LogP contribution is 2.25. The molecule has 0 bridgehead atoms. The van der Waals surface area contributed by atoms with Crippen LogP contribution in [0, 0.1) is 5.82 Å². The lowest BCUT2D eigenvalue weighted by Gasteiger charge is -2.15. The average Bonchev–Trinajstić information content (AvgIpc) is 3.09. The first-order valence-electron chi connectivity index (χ1n) is 8.71. The smallest absolute Gasteiger partial charge is 0.161 e. The van der Waals surface area contributed by atoms with E-state index in [2.05, 4.69) is 30.2 Å². The predicted octanol–water partition coefficient (Wildman–Crippen LogP) is 5.59. The van der Waals surface area contributed by atoms with Crippen LogP contribution in [0.1, 0.15) is 24.2 Å². The first-order valence-corrected chi connectivity index (χ1v) is 8.71. The van der Waals surface area contributed by atoms with E-state index in [1.807, 2.05) is 18.2 Å². The quantitative estimate of drug-likeness (QED) is 0.431. The van der Waals surface area contributed by atoms with Crippen molar-refractivity contribution >= 4 is 11.4 Å². The van der Waals surface area contributed by atoms with E-state index in [9.17, 15) is 8.78 Å². The Kier molecular flexibility index (Phi) is 7.09. The Labute approximate surface area is 164 Å². The van der Waals surface area contributed by atoms with Crippen LogP contribution in [0.4, 0.5) is 20.2 Å². The van der Waals surface area contributed by atoms with Gasteiger partial charge in [0, 0.05) is 17.8 Å². The van der Waals surface area contributed by atoms with Crippen LogP contribution in [0.2, 0.25) is 0 Å². The van der Waals surface area contributed by atoms with Crippen molar-refractivity contribution in [1.82, 2.24) is 9.78 Å². The molecule has 3 N–H and O–H groups in total. The number of alkyl halides is 1. The van der Waals surface area contributed by atoms with Crippen LogP contribution in [0.25, 0.3) is 5.69 Å². The number of benzene rings is 2. The molecule has 0 aliphatic heterocycles. The summed E-state index contributed by atoms with van der Waals surface area (Å²) in [6.07, 6.45) is 1.84. The fraction of sp³-hybridized carbons (Fsp3) is 0.136. The van der Waals surface area contributed by atoms with Gasteiger partial charge in [0.1, 0.15) is 6.17 Å². The summed E-state index contributed by atoms with van der Waals surface area (Å²) in [6.45, 7) is 11.5. The number of hydrogen-bond donors (Lipinski definition) is 2. The van der Waals surface area contributed by atoms with Crippen molar-refractivity contribution in [2.45, 2.75) is 19.5 Å². The zero-order valence-corrected chi connectivity index (χ0v) is 15.8. The second kappa shape index (κ2) is 9.50. The number of rotatable bonds is 6. The van der Waals surface area contributed by atoms with E-state index in [0.717, 1.165) is 23.1 Å². The van der Waals surface area contributed by atoms with Crippen LogP contribution in [0.5, 0.6) is 0 Å². The summed E-state index contributed by atoms with van der Waals surface area (Å²) >= 11 is 0. The van der Waals surface area contributed by atoms with E-state index in [4.69, 9.17) is 5.73 Å². The minimum atomic E-state index is -1.04. The van der Waals surface area contributed by atoms with Gasteiger partial charge in [-0.3, -0.25) is 0 Å². The van der Waals surface area contributed by atoms with Gasteiger partial charge in [-0.2, -0.15) is 5.10 Å². The molecule has 1 unspecified atom stereocenters. The zero-order chi connectivity index (χ0) is 20.7. The maximum absolute atomic E-state index is 13.7. The summed E-state index contributed by atoms with van der Waals surface area (Å²) in [5.74, 6) is -0.430. The van der Waals surface area contributed by atoms with Crippen molar-refractivity contribution < 1.29 is 8.78 Å². The molecule has 3 aromatic rings. The lowest BCUT2D eigenvalue weighted by Crippen LogP contribution is -2.06. The molecule has 146 valence electrons. The van der Waals surface area contributed by atoms with E-state index >= 15 is 0 Å². The second-order valence-electron chi connectivity index (χ2n) is 6.10.